The molecular weight excluding hydrogens is 290 g/mol. The van der Waals surface area contributed by atoms with Crippen LogP contribution in [0.15, 0.2) is 59.0 Å². The summed E-state index contributed by atoms with van der Waals surface area (Å²) in [7, 11) is 1.58. The average molecular weight is 303 g/mol. The van der Waals surface area contributed by atoms with Gasteiger partial charge in [0.25, 0.3) is 0 Å². The molecule has 0 aliphatic rings. The molecule has 112 valence electrons. The monoisotopic (exact) mass is 303 g/mol. The molecule has 0 fully saturated rings. The molecule has 0 atom stereocenters. The number of allylic oxidation sites excluding steroid dienone is 1. The van der Waals surface area contributed by atoms with E-state index >= 15 is 0 Å². The highest BCUT2D eigenvalue weighted by Gasteiger charge is 2.07. The largest absolute Gasteiger partial charge is 0.493 e. The Labute approximate surface area is 133 Å². The molecule has 2 aromatic carbocycles. The molecule has 0 spiro atoms. The Balaban J connectivity index is 1.84. The van der Waals surface area contributed by atoms with E-state index in [2.05, 4.69) is 0 Å². The van der Waals surface area contributed by atoms with Gasteiger partial charge in [-0.2, -0.15) is 5.26 Å². The van der Waals surface area contributed by atoms with Crippen LogP contribution < -0.4 is 4.74 Å². The smallest absolute Gasteiger partial charge is 0.185 e. The van der Waals surface area contributed by atoms with Crippen LogP contribution in [-0.2, 0) is 0 Å². The molecule has 3 aromatic rings. The van der Waals surface area contributed by atoms with Gasteiger partial charge in [0.2, 0.25) is 0 Å². The average Bonchev–Trinajstić information content (AvgIpc) is 3.02. The molecule has 0 unspecified atom stereocenters. The molecule has 0 amide bonds. The van der Waals surface area contributed by atoms with Crippen LogP contribution >= 0.6 is 0 Å². The van der Waals surface area contributed by atoms with Crippen LogP contribution in [0.4, 0.5) is 0 Å². The maximum atomic E-state index is 12.1. The predicted octanol–water partition coefficient (Wildman–Crippen LogP) is 4.21. The number of para-hydroxylation sites is 1. The van der Waals surface area contributed by atoms with E-state index in [4.69, 9.17) is 14.4 Å². The van der Waals surface area contributed by atoms with Gasteiger partial charge in [0, 0.05) is 10.9 Å². The quantitative estimate of drug-likeness (QED) is 0.535. The molecule has 4 nitrogen and oxygen atoms in total. The van der Waals surface area contributed by atoms with E-state index in [1.165, 1.54) is 6.08 Å². The fourth-order valence-corrected chi connectivity index (χ4v) is 2.26. The normalized spacial score (nSPS) is 10.8. The van der Waals surface area contributed by atoms with E-state index in [1.54, 1.807) is 37.5 Å². The number of furan rings is 1. The fraction of sp³-hybridized carbons (Fsp3) is 0.0526. The Hall–Kier alpha value is -3.32. The van der Waals surface area contributed by atoms with Crippen LogP contribution in [0, 0.1) is 11.3 Å². The summed E-state index contributed by atoms with van der Waals surface area (Å²) in [5.74, 6) is 1.08. The van der Waals surface area contributed by atoms with Gasteiger partial charge in [0.15, 0.2) is 17.1 Å². The Bertz CT molecular complexity index is 927. The first-order chi connectivity index (χ1) is 11.2. The van der Waals surface area contributed by atoms with Crippen molar-refractivity contribution in [3.63, 3.8) is 0 Å². The highest BCUT2D eigenvalue weighted by Crippen LogP contribution is 2.28. The molecule has 4 heteroatoms. The Kier molecular flexibility index (Phi) is 3.94. The molecule has 23 heavy (non-hydrogen) atoms. The molecule has 1 aromatic heterocycles. The zero-order valence-electron chi connectivity index (χ0n) is 12.4. The number of carbonyl (C=O) groups is 1. The third-order valence-corrected chi connectivity index (χ3v) is 3.44. The molecule has 0 radical (unpaired) electrons. The van der Waals surface area contributed by atoms with Crippen LogP contribution in [0.2, 0.25) is 0 Å². The van der Waals surface area contributed by atoms with Crippen LogP contribution in [-0.4, -0.2) is 12.9 Å². The molecule has 0 aliphatic carbocycles. The lowest BCUT2D eigenvalue weighted by Crippen LogP contribution is -1.93. The highest BCUT2D eigenvalue weighted by molar-refractivity contribution is 6.06. The molecule has 0 aliphatic heterocycles. The lowest BCUT2D eigenvalue weighted by molar-refractivity contribution is 0.104. The topological polar surface area (TPSA) is 63.2 Å². The zero-order valence-corrected chi connectivity index (χ0v) is 12.4. The number of hydrogen-bond donors (Lipinski definition) is 0. The SMILES string of the molecule is COc1cccc2cc(/C=C/C(=O)c3ccc(C#N)cc3)oc12. The lowest BCUT2D eigenvalue weighted by Gasteiger charge is -1.98. The van der Waals surface area contributed by atoms with E-state index in [1.807, 2.05) is 30.3 Å². The maximum absolute atomic E-state index is 12.1. The van der Waals surface area contributed by atoms with Gasteiger partial charge in [0.1, 0.15) is 5.76 Å². The fourth-order valence-electron chi connectivity index (χ4n) is 2.26. The van der Waals surface area contributed by atoms with Gasteiger partial charge >= 0.3 is 0 Å². The second-order valence-corrected chi connectivity index (χ2v) is 4.91. The second-order valence-electron chi connectivity index (χ2n) is 4.91. The molecule has 0 bridgehead atoms. The van der Waals surface area contributed by atoms with E-state index in [0.717, 1.165) is 5.39 Å². The third kappa shape index (κ3) is 2.99. The summed E-state index contributed by atoms with van der Waals surface area (Å²) in [5, 5.41) is 9.67. The number of rotatable bonds is 4. The summed E-state index contributed by atoms with van der Waals surface area (Å²) in [4.78, 5) is 12.1. The van der Waals surface area contributed by atoms with Gasteiger partial charge in [-0.1, -0.05) is 12.1 Å². The van der Waals surface area contributed by atoms with Gasteiger partial charge in [-0.3, -0.25) is 4.79 Å². The van der Waals surface area contributed by atoms with Crippen molar-refractivity contribution in [3.05, 3.63) is 71.5 Å². The molecule has 1 heterocycles. The summed E-state index contributed by atoms with van der Waals surface area (Å²) < 4.78 is 11.0. The minimum atomic E-state index is -0.151. The summed E-state index contributed by atoms with van der Waals surface area (Å²) in [6.45, 7) is 0. The summed E-state index contributed by atoms with van der Waals surface area (Å²) in [6.07, 6.45) is 3.07. The van der Waals surface area contributed by atoms with Crippen molar-refractivity contribution in [1.29, 1.82) is 5.26 Å². The summed E-state index contributed by atoms with van der Waals surface area (Å²) in [5.41, 5.74) is 1.70. The number of hydrogen-bond acceptors (Lipinski definition) is 4. The minimum absolute atomic E-state index is 0.151. The number of nitrogens with zero attached hydrogens (tertiary/aromatic N) is 1. The van der Waals surface area contributed by atoms with Crippen LogP contribution in [0.5, 0.6) is 5.75 Å². The first-order valence-corrected chi connectivity index (χ1v) is 7.00. The maximum Gasteiger partial charge on any atom is 0.185 e. The third-order valence-electron chi connectivity index (χ3n) is 3.44. The van der Waals surface area contributed by atoms with E-state index in [9.17, 15) is 4.79 Å². The first-order valence-electron chi connectivity index (χ1n) is 7.00. The molecule has 0 N–H and O–H groups in total. The van der Waals surface area contributed by atoms with Crippen molar-refractivity contribution < 1.29 is 13.9 Å². The van der Waals surface area contributed by atoms with Gasteiger partial charge in [-0.05, 0) is 48.6 Å². The number of ether oxygens (including phenoxy) is 1. The Morgan fingerprint density at radius 2 is 2.00 bits per heavy atom. The lowest BCUT2D eigenvalue weighted by atomic mass is 10.1. The number of carbonyl (C=O) groups excluding carboxylic acids is 1. The van der Waals surface area contributed by atoms with E-state index in [0.29, 0.717) is 28.2 Å². The van der Waals surface area contributed by atoms with Crippen molar-refractivity contribution in [3.8, 4) is 11.8 Å². The first kappa shape index (κ1) is 14.6. The molecule has 0 saturated heterocycles. The standard InChI is InChI=1S/C19H13NO3/c1-22-18-4-2-3-15-11-16(23-19(15)18)9-10-17(21)14-7-5-13(12-20)6-8-14/h2-11H,1H3/b10-9+. The van der Waals surface area contributed by atoms with E-state index < -0.39 is 0 Å². The summed E-state index contributed by atoms with van der Waals surface area (Å²) >= 11 is 0. The second kappa shape index (κ2) is 6.20. The van der Waals surface area contributed by atoms with Gasteiger partial charge in [-0.25, -0.2) is 0 Å². The summed E-state index contributed by atoms with van der Waals surface area (Å²) in [6, 6.07) is 16.0. The van der Waals surface area contributed by atoms with Crippen LogP contribution in [0.1, 0.15) is 21.7 Å². The minimum Gasteiger partial charge on any atom is -0.493 e. The molecule has 3 rings (SSSR count). The predicted molar refractivity (Wildman–Crippen MR) is 87.3 cm³/mol. The van der Waals surface area contributed by atoms with Crippen molar-refractivity contribution in [2.75, 3.05) is 7.11 Å². The number of ketones is 1. The van der Waals surface area contributed by atoms with Crippen molar-refractivity contribution in [2.24, 2.45) is 0 Å². The molecule has 0 saturated carbocycles. The number of methoxy groups -OCH3 is 1. The van der Waals surface area contributed by atoms with Crippen molar-refractivity contribution >= 4 is 22.8 Å². The molecular formula is C19H13NO3. The van der Waals surface area contributed by atoms with Crippen LogP contribution in [0.25, 0.3) is 17.0 Å². The van der Waals surface area contributed by atoms with E-state index in [-0.39, 0.29) is 5.78 Å². The number of benzene rings is 2. The Morgan fingerprint density at radius 3 is 2.70 bits per heavy atom. The number of nitriles is 1. The van der Waals surface area contributed by atoms with Gasteiger partial charge in [-0.15, -0.1) is 0 Å². The Morgan fingerprint density at radius 1 is 1.22 bits per heavy atom. The number of fused-ring (bicyclic) bond motifs is 1. The zero-order chi connectivity index (χ0) is 16.2. The highest BCUT2D eigenvalue weighted by atomic mass is 16.5. The van der Waals surface area contributed by atoms with Gasteiger partial charge < -0.3 is 9.15 Å². The van der Waals surface area contributed by atoms with Crippen LogP contribution in [0.3, 0.4) is 0 Å². The van der Waals surface area contributed by atoms with Gasteiger partial charge in [0.05, 0.1) is 18.7 Å². The van der Waals surface area contributed by atoms with Crippen molar-refractivity contribution in [2.45, 2.75) is 0 Å². The van der Waals surface area contributed by atoms with Crippen molar-refractivity contribution in [1.82, 2.24) is 0 Å².